The van der Waals surface area contributed by atoms with Crippen molar-refractivity contribution in [2.24, 2.45) is 0 Å². The molecule has 0 aliphatic carbocycles. The van der Waals surface area contributed by atoms with E-state index in [0.29, 0.717) is 12.1 Å². The van der Waals surface area contributed by atoms with Crippen LogP contribution >= 0.6 is 11.8 Å². The summed E-state index contributed by atoms with van der Waals surface area (Å²) in [5, 5.41) is 27.1. The lowest BCUT2D eigenvalue weighted by atomic mass is 9.96. The van der Waals surface area contributed by atoms with E-state index in [0.717, 1.165) is 18.4 Å². The first-order chi connectivity index (χ1) is 18.6. The van der Waals surface area contributed by atoms with E-state index in [4.69, 9.17) is 0 Å². The Bertz CT molecular complexity index is 1180. The van der Waals surface area contributed by atoms with E-state index in [9.17, 15) is 24.6 Å². The highest BCUT2D eigenvalue weighted by Crippen LogP contribution is 2.39. The minimum atomic E-state index is -1.60. The second-order valence-electron chi connectivity index (χ2n) is 10.3. The molecular formula is C30H39N3O5S. The molecule has 0 bridgehead atoms. The van der Waals surface area contributed by atoms with E-state index in [1.165, 1.54) is 22.7 Å². The molecule has 3 amide bonds. The van der Waals surface area contributed by atoms with Crippen molar-refractivity contribution in [2.45, 2.75) is 69.9 Å². The Balaban J connectivity index is 1.83. The SMILES string of the molecule is CCC/C=C/CNC(=O)[C@H]1N(C(=O)[C@@H](O)[C@H](Cc2ccccc2)NC(=O)c2cccc(O)c2C)CSC1(C)C. The molecule has 8 nitrogen and oxygen atoms in total. The zero-order chi connectivity index (χ0) is 28.6. The average Bonchev–Trinajstić information content (AvgIpc) is 3.24. The van der Waals surface area contributed by atoms with Gasteiger partial charge in [-0.15, -0.1) is 11.8 Å². The van der Waals surface area contributed by atoms with Crippen molar-refractivity contribution in [3.63, 3.8) is 0 Å². The molecular weight excluding hydrogens is 514 g/mol. The number of nitrogens with one attached hydrogen (secondary N) is 2. The largest absolute Gasteiger partial charge is 0.508 e. The number of aliphatic hydroxyl groups excluding tert-OH is 1. The van der Waals surface area contributed by atoms with Crippen LogP contribution in [0.1, 0.15) is 55.1 Å². The maximum Gasteiger partial charge on any atom is 0.254 e. The Morgan fingerprint density at radius 3 is 2.54 bits per heavy atom. The number of hydrogen-bond donors (Lipinski definition) is 4. The van der Waals surface area contributed by atoms with E-state index in [1.54, 1.807) is 19.1 Å². The second kappa shape index (κ2) is 13.7. The van der Waals surface area contributed by atoms with Gasteiger partial charge in [0.05, 0.1) is 11.9 Å². The van der Waals surface area contributed by atoms with Gasteiger partial charge in [-0.05, 0) is 51.3 Å². The number of rotatable bonds is 11. The van der Waals surface area contributed by atoms with Gasteiger partial charge in [0, 0.05) is 22.4 Å². The van der Waals surface area contributed by atoms with Gasteiger partial charge in [0.25, 0.3) is 11.8 Å². The molecule has 0 unspecified atom stereocenters. The summed E-state index contributed by atoms with van der Waals surface area (Å²) in [6.45, 7) is 7.87. The van der Waals surface area contributed by atoms with Gasteiger partial charge < -0.3 is 25.7 Å². The van der Waals surface area contributed by atoms with Crippen LogP contribution in [0.25, 0.3) is 0 Å². The predicted molar refractivity (Wildman–Crippen MR) is 154 cm³/mol. The van der Waals surface area contributed by atoms with Crippen LogP contribution < -0.4 is 10.6 Å². The topological polar surface area (TPSA) is 119 Å². The molecule has 2 aromatic rings. The minimum absolute atomic E-state index is 0.0198. The molecule has 2 aromatic carbocycles. The lowest BCUT2D eigenvalue weighted by molar-refractivity contribution is -0.147. The zero-order valence-corrected chi connectivity index (χ0v) is 23.8. The third-order valence-corrected chi connectivity index (χ3v) is 8.27. The maximum absolute atomic E-state index is 13.7. The third kappa shape index (κ3) is 7.64. The van der Waals surface area contributed by atoms with Crippen LogP contribution in [0.4, 0.5) is 0 Å². The minimum Gasteiger partial charge on any atom is -0.508 e. The first-order valence-electron chi connectivity index (χ1n) is 13.3. The number of nitrogens with zero attached hydrogens (tertiary/aromatic N) is 1. The number of carbonyl (C=O) groups is 3. The molecule has 1 fully saturated rings. The maximum atomic E-state index is 13.7. The number of carbonyl (C=O) groups excluding carboxylic acids is 3. The fourth-order valence-electron chi connectivity index (χ4n) is 4.60. The standard InChI is InChI=1S/C30H39N3O5S/c1-5-6-7-11-17-31-28(37)26-30(3,4)39-19-33(26)29(38)25(35)23(18-21-13-9-8-10-14-21)32-27(36)22-15-12-16-24(34)20(22)2/h7-16,23,25-26,34-35H,5-6,17-19H2,1-4H3,(H,31,37)(H,32,36)/b11-7+/t23-,25-,26+/m0/s1. The van der Waals surface area contributed by atoms with E-state index in [2.05, 4.69) is 17.6 Å². The monoisotopic (exact) mass is 553 g/mol. The summed E-state index contributed by atoms with van der Waals surface area (Å²) in [6, 6.07) is 12.1. The quantitative estimate of drug-likeness (QED) is 0.316. The molecule has 1 aliphatic rings. The average molecular weight is 554 g/mol. The van der Waals surface area contributed by atoms with Crippen LogP contribution in [-0.2, 0) is 16.0 Å². The fourth-order valence-corrected chi connectivity index (χ4v) is 5.74. The number of aromatic hydroxyl groups is 1. The molecule has 1 heterocycles. The number of phenols is 1. The lowest BCUT2D eigenvalue weighted by Crippen LogP contribution is -2.58. The number of amides is 3. The van der Waals surface area contributed by atoms with Gasteiger partial charge in [-0.1, -0.05) is 61.9 Å². The van der Waals surface area contributed by atoms with Gasteiger partial charge in [0.2, 0.25) is 5.91 Å². The fraction of sp³-hybridized carbons (Fsp3) is 0.433. The molecule has 210 valence electrons. The van der Waals surface area contributed by atoms with Crippen molar-refractivity contribution in [3.05, 3.63) is 77.4 Å². The number of thioether (sulfide) groups is 1. The molecule has 0 radical (unpaired) electrons. The van der Waals surface area contributed by atoms with Crippen molar-refractivity contribution in [2.75, 3.05) is 12.4 Å². The summed E-state index contributed by atoms with van der Waals surface area (Å²) in [5.41, 5.74) is 1.47. The molecule has 4 N–H and O–H groups in total. The van der Waals surface area contributed by atoms with Gasteiger partial charge in [0.15, 0.2) is 6.10 Å². The van der Waals surface area contributed by atoms with Gasteiger partial charge in [0.1, 0.15) is 11.8 Å². The number of benzene rings is 2. The number of allylic oxidation sites excluding steroid dienone is 1. The number of aliphatic hydroxyl groups is 1. The summed E-state index contributed by atoms with van der Waals surface area (Å²) < 4.78 is -0.566. The van der Waals surface area contributed by atoms with Crippen LogP contribution in [0.15, 0.2) is 60.7 Å². The van der Waals surface area contributed by atoms with Crippen molar-refractivity contribution < 1.29 is 24.6 Å². The number of phenolic OH excluding ortho intramolecular Hbond substituents is 1. The Kier molecular flexibility index (Phi) is 10.6. The Labute approximate surface area is 234 Å². The van der Waals surface area contributed by atoms with Gasteiger partial charge in [-0.3, -0.25) is 14.4 Å². The third-order valence-electron chi connectivity index (χ3n) is 6.89. The molecule has 39 heavy (non-hydrogen) atoms. The van der Waals surface area contributed by atoms with Crippen molar-refractivity contribution in [3.8, 4) is 5.75 Å². The summed E-state index contributed by atoms with van der Waals surface area (Å²) in [7, 11) is 0. The van der Waals surface area contributed by atoms with E-state index in [-0.39, 0.29) is 29.5 Å². The highest BCUT2D eigenvalue weighted by atomic mass is 32.2. The molecule has 9 heteroatoms. The molecule has 0 aromatic heterocycles. The summed E-state index contributed by atoms with van der Waals surface area (Å²) in [4.78, 5) is 41.5. The van der Waals surface area contributed by atoms with Crippen LogP contribution in [0.3, 0.4) is 0 Å². The smallest absolute Gasteiger partial charge is 0.254 e. The van der Waals surface area contributed by atoms with Crippen molar-refractivity contribution >= 4 is 29.5 Å². The summed E-state index contributed by atoms with van der Waals surface area (Å²) in [5.74, 6) is -1.20. The number of unbranched alkanes of at least 4 members (excludes halogenated alkanes) is 1. The highest BCUT2D eigenvalue weighted by Gasteiger charge is 2.49. The molecule has 0 spiro atoms. The lowest BCUT2D eigenvalue weighted by Gasteiger charge is -2.33. The summed E-state index contributed by atoms with van der Waals surface area (Å²) >= 11 is 1.47. The summed E-state index contributed by atoms with van der Waals surface area (Å²) in [6.07, 6.45) is 4.44. The van der Waals surface area contributed by atoms with Crippen LogP contribution in [-0.4, -0.2) is 68.2 Å². The zero-order valence-electron chi connectivity index (χ0n) is 23.0. The van der Waals surface area contributed by atoms with Crippen LogP contribution in [0.5, 0.6) is 5.75 Å². The molecule has 1 saturated heterocycles. The van der Waals surface area contributed by atoms with Crippen molar-refractivity contribution in [1.82, 2.24) is 15.5 Å². The van der Waals surface area contributed by atoms with Crippen LogP contribution in [0.2, 0.25) is 0 Å². The first-order valence-corrected chi connectivity index (χ1v) is 14.2. The molecule has 1 aliphatic heterocycles. The number of hydrogen-bond acceptors (Lipinski definition) is 6. The molecule has 3 rings (SSSR count). The van der Waals surface area contributed by atoms with Gasteiger partial charge in [-0.25, -0.2) is 0 Å². The first kappa shape index (κ1) is 30.2. The van der Waals surface area contributed by atoms with Crippen molar-refractivity contribution in [1.29, 1.82) is 0 Å². The molecule has 0 saturated carbocycles. The normalized spacial score (nSPS) is 18.1. The molecule has 3 atom stereocenters. The Hall–Kier alpha value is -3.30. The van der Waals surface area contributed by atoms with Gasteiger partial charge in [-0.2, -0.15) is 0 Å². The predicted octanol–water partition coefficient (Wildman–Crippen LogP) is 3.56. The van der Waals surface area contributed by atoms with E-state index < -0.39 is 34.7 Å². The van der Waals surface area contributed by atoms with Gasteiger partial charge >= 0.3 is 0 Å². The van der Waals surface area contributed by atoms with E-state index in [1.807, 2.05) is 56.3 Å². The van der Waals surface area contributed by atoms with Crippen LogP contribution in [0, 0.1) is 6.92 Å². The Morgan fingerprint density at radius 2 is 1.85 bits per heavy atom. The second-order valence-corrected chi connectivity index (χ2v) is 11.9. The Morgan fingerprint density at radius 1 is 1.13 bits per heavy atom. The van der Waals surface area contributed by atoms with E-state index >= 15 is 0 Å². The highest BCUT2D eigenvalue weighted by molar-refractivity contribution is 8.00.